The Hall–Kier alpha value is -2.76. The zero-order valence-corrected chi connectivity index (χ0v) is 15.1. The number of pyridine rings is 1. The minimum Gasteiger partial charge on any atom is -0.493 e. The Morgan fingerprint density at radius 3 is 2.50 bits per heavy atom. The number of carbonyl (C=O) groups is 1. The molecule has 0 spiro atoms. The summed E-state index contributed by atoms with van der Waals surface area (Å²) in [5.74, 6) is 1.44. The van der Waals surface area contributed by atoms with Crippen molar-refractivity contribution in [3.05, 3.63) is 47.3 Å². The van der Waals surface area contributed by atoms with Crippen LogP contribution in [0.1, 0.15) is 34.5 Å². The molecule has 1 aromatic heterocycles. The summed E-state index contributed by atoms with van der Waals surface area (Å²) >= 11 is 0. The molecule has 1 aliphatic carbocycles. The standard InChI is InChI=1S/C20H23N3O3/c1-25-18-9-13-7-8-23(12-14(13)10-19(18)26-2)16-5-6-17(21-11-16)20(24)22-15-3-4-15/h5-6,9-11,15H,3-4,7-8,12H2,1-2H3,(H,22,24). The number of fused-ring (bicyclic) bond motifs is 1. The minimum atomic E-state index is -0.0835. The molecule has 2 heterocycles. The van der Waals surface area contributed by atoms with Crippen molar-refractivity contribution in [3.8, 4) is 11.5 Å². The van der Waals surface area contributed by atoms with Crippen molar-refractivity contribution in [2.45, 2.75) is 31.8 Å². The molecule has 2 aromatic rings. The Labute approximate surface area is 153 Å². The predicted molar refractivity (Wildman–Crippen MR) is 99.0 cm³/mol. The topological polar surface area (TPSA) is 63.7 Å². The van der Waals surface area contributed by atoms with Gasteiger partial charge in [0.25, 0.3) is 5.91 Å². The van der Waals surface area contributed by atoms with Gasteiger partial charge in [0.15, 0.2) is 11.5 Å². The molecule has 1 amide bonds. The molecule has 1 aromatic carbocycles. The van der Waals surface area contributed by atoms with E-state index in [4.69, 9.17) is 9.47 Å². The second-order valence-corrected chi connectivity index (χ2v) is 6.80. The van der Waals surface area contributed by atoms with Gasteiger partial charge in [0.1, 0.15) is 5.69 Å². The van der Waals surface area contributed by atoms with Gasteiger partial charge in [-0.3, -0.25) is 4.79 Å². The molecular weight excluding hydrogens is 330 g/mol. The van der Waals surface area contributed by atoms with Crippen molar-refractivity contribution < 1.29 is 14.3 Å². The van der Waals surface area contributed by atoms with Gasteiger partial charge in [-0.1, -0.05) is 0 Å². The summed E-state index contributed by atoms with van der Waals surface area (Å²) in [6.07, 6.45) is 4.86. The normalized spacial score (nSPS) is 16.0. The average molecular weight is 353 g/mol. The lowest BCUT2D eigenvalue weighted by atomic mass is 9.98. The molecule has 1 fully saturated rings. The second-order valence-electron chi connectivity index (χ2n) is 6.80. The van der Waals surface area contributed by atoms with Gasteiger partial charge in [0.2, 0.25) is 0 Å². The number of methoxy groups -OCH3 is 2. The summed E-state index contributed by atoms with van der Waals surface area (Å²) in [6.45, 7) is 1.68. The number of nitrogens with zero attached hydrogens (tertiary/aromatic N) is 2. The van der Waals surface area contributed by atoms with Crippen LogP contribution in [0.3, 0.4) is 0 Å². The van der Waals surface area contributed by atoms with Gasteiger partial charge in [0, 0.05) is 19.1 Å². The monoisotopic (exact) mass is 353 g/mol. The SMILES string of the molecule is COc1cc2c(cc1OC)CN(c1ccc(C(=O)NC3CC3)nc1)CC2. The van der Waals surface area contributed by atoms with Gasteiger partial charge in [-0.05, 0) is 54.7 Å². The fourth-order valence-electron chi connectivity index (χ4n) is 3.30. The van der Waals surface area contributed by atoms with E-state index in [1.54, 1.807) is 26.5 Å². The predicted octanol–water partition coefficient (Wildman–Crippen LogP) is 2.55. The average Bonchev–Trinajstić information content (AvgIpc) is 3.50. The highest BCUT2D eigenvalue weighted by Gasteiger charge is 2.24. The highest BCUT2D eigenvalue weighted by atomic mass is 16.5. The van der Waals surface area contributed by atoms with Crippen molar-refractivity contribution in [1.29, 1.82) is 0 Å². The Kier molecular flexibility index (Phi) is 4.41. The van der Waals surface area contributed by atoms with Crippen molar-refractivity contribution in [2.75, 3.05) is 25.7 Å². The molecule has 136 valence electrons. The molecular formula is C20H23N3O3. The summed E-state index contributed by atoms with van der Waals surface area (Å²) in [6, 6.07) is 8.23. The first kappa shape index (κ1) is 16.7. The van der Waals surface area contributed by atoms with Gasteiger partial charge in [-0.25, -0.2) is 4.98 Å². The third-order valence-electron chi connectivity index (χ3n) is 4.98. The number of rotatable bonds is 5. The fraction of sp³-hybridized carbons (Fsp3) is 0.400. The molecule has 0 radical (unpaired) electrons. The molecule has 4 rings (SSSR count). The number of benzene rings is 1. The number of hydrogen-bond acceptors (Lipinski definition) is 5. The number of aromatic nitrogens is 1. The van der Waals surface area contributed by atoms with E-state index in [0.717, 1.165) is 49.5 Å². The van der Waals surface area contributed by atoms with Gasteiger partial charge in [-0.15, -0.1) is 0 Å². The zero-order chi connectivity index (χ0) is 18.1. The van der Waals surface area contributed by atoms with E-state index in [1.807, 2.05) is 12.1 Å². The van der Waals surface area contributed by atoms with Gasteiger partial charge < -0.3 is 19.7 Å². The third-order valence-corrected chi connectivity index (χ3v) is 4.98. The third kappa shape index (κ3) is 3.31. The number of anilines is 1. The summed E-state index contributed by atoms with van der Waals surface area (Å²) in [5, 5.41) is 2.96. The molecule has 26 heavy (non-hydrogen) atoms. The Morgan fingerprint density at radius 2 is 1.88 bits per heavy atom. The lowest BCUT2D eigenvalue weighted by Crippen LogP contribution is -2.31. The first-order chi connectivity index (χ1) is 12.7. The minimum absolute atomic E-state index is 0.0835. The van der Waals surface area contributed by atoms with E-state index < -0.39 is 0 Å². The zero-order valence-electron chi connectivity index (χ0n) is 15.1. The molecule has 1 N–H and O–H groups in total. The van der Waals surface area contributed by atoms with Crippen LogP contribution in [0.2, 0.25) is 0 Å². The van der Waals surface area contributed by atoms with E-state index in [9.17, 15) is 4.79 Å². The van der Waals surface area contributed by atoms with E-state index >= 15 is 0 Å². The molecule has 1 saturated carbocycles. The fourth-order valence-corrected chi connectivity index (χ4v) is 3.30. The largest absolute Gasteiger partial charge is 0.493 e. The van der Waals surface area contributed by atoms with Crippen LogP contribution in [0, 0.1) is 0 Å². The van der Waals surface area contributed by atoms with Crippen molar-refractivity contribution >= 4 is 11.6 Å². The van der Waals surface area contributed by atoms with Crippen LogP contribution in [-0.4, -0.2) is 37.7 Å². The van der Waals surface area contributed by atoms with E-state index in [-0.39, 0.29) is 5.91 Å². The summed E-state index contributed by atoms with van der Waals surface area (Å²) in [4.78, 5) is 18.7. The van der Waals surface area contributed by atoms with Gasteiger partial charge in [-0.2, -0.15) is 0 Å². The Balaban J connectivity index is 1.50. The van der Waals surface area contributed by atoms with Crippen molar-refractivity contribution in [3.63, 3.8) is 0 Å². The molecule has 6 heteroatoms. The number of nitrogens with one attached hydrogen (secondary N) is 1. The maximum Gasteiger partial charge on any atom is 0.270 e. The van der Waals surface area contributed by atoms with Crippen LogP contribution in [0.25, 0.3) is 0 Å². The summed E-state index contributed by atoms with van der Waals surface area (Å²) < 4.78 is 10.8. The summed E-state index contributed by atoms with van der Waals surface area (Å²) in [7, 11) is 3.31. The highest BCUT2D eigenvalue weighted by Crippen LogP contribution is 2.34. The first-order valence-electron chi connectivity index (χ1n) is 8.93. The maximum absolute atomic E-state index is 12.1. The van der Waals surface area contributed by atoms with Crippen LogP contribution >= 0.6 is 0 Å². The van der Waals surface area contributed by atoms with E-state index in [1.165, 1.54) is 11.1 Å². The molecule has 0 atom stereocenters. The van der Waals surface area contributed by atoms with Crippen molar-refractivity contribution in [1.82, 2.24) is 10.3 Å². The highest BCUT2D eigenvalue weighted by molar-refractivity contribution is 5.92. The molecule has 0 bridgehead atoms. The van der Waals surface area contributed by atoms with Crippen LogP contribution in [0.15, 0.2) is 30.5 Å². The summed E-state index contributed by atoms with van der Waals surface area (Å²) in [5.41, 5.74) is 4.01. The molecule has 6 nitrogen and oxygen atoms in total. The quantitative estimate of drug-likeness (QED) is 0.895. The smallest absolute Gasteiger partial charge is 0.270 e. The molecule has 0 unspecified atom stereocenters. The van der Waals surface area contributed by atoms with Crippen LogP contribution in [0.4, 0.5) is 5.69 Å². The van der Waals surface area contributed by atoms with Crippen LogP contribution in [0.5, 0.6) is 11.5 Å². The van der Waals surface area contributed by atoms with Gasteiger partial charge in [0.05, 0.1) is 26.1 Å². The Bertz CT molecular complexity index is 816. The number of hydrogen-bond donors (Lipinski definition) is 1. The first-order valence-corrected chi connectivity index (χ1v) is 8.93. The number of ether oxygens (including phenoxy) is 2. The second kappa shape index (κ2) is 6.86. The van der Waals surface area contributed by atoms with Crippen LogP contribution in [-0.2, 0) is 13.0 Å². The number of carbonyl (C=O) groups excluding carboxylic acids is 1. The molecule has 2 aliphatic rings. The van der Waals surface area contributed by atoms with Gasteiger partial charge >= 0.3 is 0 Å². The maximum atomic E-state index is 12.1. The lowest BCUT2D eigenvalue weighted by molar-refractivity contribution is 0.0946. The van der Waals surface area contributed by atoms with E-state index in [2.05, 4.69) is 21.3 Å². The molecule has 0 saturated heterocycles. The lowest BCUT2D eigenvalue weighted by Gasteiger charge is -2.31. The molecule has 1 aliphatic heterocycles. The van der Waals surface area contributed by atoms with Crippen LogP contribution < -0.4 is 19.7 Å². The number of amides is 1. The Morgan fingerprint density at radius 1 is 1.15 bits per heavy atom. The van der Waals surface area contributed by atoms with E-state index in [0.29, 0.717) is 11.7 Å². The van der Waals surface area contributed by atoms with Crippen molar-refractivity contribution in [2.24, 2.45) is 0 Å².